The Morgan fingerprint density at radius 1 is 1.60 bits per heavy atom. The first kappa shape index (κ1) is 9.14. The third kappa shape index (κ3) is 3.22. The molecule has 0 aromatic heterocycles. The van der Waals surface area contributed by atoms with Crippen LogP contribution in [0.3, 0.4) is 0 Å². The monoisotopic (exact) mass is 144 g/mol. The van der Waals surface area contributed by atoms with Crippen LogP contribution in [0.15, 0.2) is 0 Å². The molecule has 0 aliphatic carbocycles. The number of rotatable bonds is 4. The summed E-state index contributed by atoms with van der Waals surface area (Å²) in [6, 6.07) is 0. The molecule has 0 fully saturated rings. The summed E-state index contributed by atoms with van der Waals surface area (Å²) in [6.07, 6.45) is 0.972. The van der Waals surface area contributed by atoms with Gasteiger partial charge in [0, 0.05) is 6.42 Å². The number of aldehydes is 1. The van der Waals surface area contributed by atoms with E-state index in [0.29, 0.717) is 19.1 Å². The average Bonchev–Trinajstić information content (AvgIpc) is 1.99. The zero-order chi connectivity index (χ0) is 7.98. The van der Waals surface area contributed by atoms with Crippen molar-refractivity contribution >= 4 is 12.3 Å². The molecule has 0 aliphatic heterocycles. The minimum absolute atomic E-state index is 0.320. The van der Waals surface area contributed by atoms with E-state index in [2.05, 4.69) is 0 Å². The molecule has 0 bridgehead atoms. The first-order chi connectivity index (χ1) is 4.74. The maximum Gasteiger partial charge on any atom is 0.306 e. The van der Waals surface area contributed by atoms with Crippen molar-refractivity contribution in [1.29, 1.82) is 0 Å². The highest BCUT2D eigenvalue weighted by atomic mass is 16.5. The molecule has 0 aromatic rings. The molecule has 0 aliphatic rings. The molecular weight excluding hydrogens is 132 g/mol. The van der Waals surface area contributed by atoms with Crippen molar-refractivity contribution in [3.63, 3.8) is 0 Å². The topological polar surface area (TPSA) is 43.4 Å². The van der Waals surface area contributed by atoms with Gasteiger partial charge in [0.25, 0.3) is 0 Å². The van der Waals surface area contributed by atoms with Gasteiger partial charge in [0.2, 0.25) is 0 Å². The van der Waals surface area contributed by atoms with E-state index in [4.69, 9.17) is 4.74 Å². The summed E-state index contributed by atoms with van der Waals surface area (Å²) >= 11 is 0. The highest BCUT2D eigenvalue weighted by Gasteiger charge is 2.07. The van der Waals surface area contributed by atoms with Crippen LogP contribution in [0, 0.1) is 0 Å². The highest BCUT2D eigenvalue weighted by molar-refractivity contribution is 5.72. The molecule has 3 heteroatoms. The van der Waals surface area contributed by atoms with Crippen molar-refractivity contribution in [3.8, 4) is 0 Å². The lowest BCUT2D eigenvalue weighted by molar-refractivity contribution is -0.151. The molecule has 0 heterocycles. The number of carbonyl (C=O) groups excluding carboxylic acids is 2. The third-order valence-electron chi connectivity index (χ3n) is 1.13. The fraction of sp³-hybridized carbons (Fsp3) is 0.714. The van der Waals surface area contributed by atoms with Gasteiger partial charge in [-0.3, -0.25) is 9.59 Å². The van der Waals surface area contributed by atoms with Gasteiger partial charge in [0.15, 0.2) is 12.4 Å². The minimum atomic E-state index is -0.549. The van der Waals surface area contributed by atoms with Gasteiger partial charge in [-0.2, -0.15) is 0 Å². The van der Waals surface area contributed by atoms with E-state index >= 15 is 0 Å². The lowest BCUT2D eigenvalue weighted by Gasteiger charge is -2.07. The Bertz CT molecular complexity index is 120. The maximum absolute atomic E-state index is 10.6. The molecule has 10 heavy (non-hydrogen) atoms. The summed E-state index contributed by atoms with van der Waals surface area (Å²) < 4.78 is 4.69. The molecule has 1 unspecified atom stereocenters. The first-order valence-corrected chi connectivity index (χ1v) is 3.39. The van der Waals surface area contributed by atoms with E-state index in [9.17, 15) is 9.59 Å². The van der Waals surface area contributed by atoms with E-state index in [0.717, 1.165) is 0 Å². The Labute approximate surface area is 60.4 Å². The van der Waals surface area contributed by atoms with Crippen LogP contribution in [0.2, 0.25) is 0 Å². The van der Waals surface area contributed by atoms with Gasteiger partial charge in [0.05, 0.1) is 0 Å². The summed E-state index contributed by atoms with van der Waals surface area (Å²) in [5.41, 5.74) is 0. The van der Waals surface area contributed by atoms with E-state index in [-0.39, 0.29) is 5.97 Å². The Morgan fingerprint density at radius 2 is 2.20 bits per heavy atom. The smallest absolute Gasteiger partial charge is 0.306 e. The van der Waals surface area contributed by atoms with Crippen LogP contribution in [0.25, 0.3) is 0 Å². The van der Waals surface area contributed by atoms with Crippen LogP contribution < -0.4 is 0 Å². The molecule has 0 saturated carbocycles. The number of hydrogen-bond donors (Lipinski definition) is 0. The van der Waals surface area contributed by atoms with E-state index < -0.39 is 6.10 Å². The molecular formula is C7H12O3. The Morgan fingerprint density at radius 3 is 2.50 bits per heavy atom. The highest BCUT2D eigenvalue weighted by Crippen LogP contribution is 1.95. The summed E-state index contributed by atoms with van der Waals surface area (Å²) in [5.74, 6) is -0.320. The van der Waals surface area contributed by atoms with Gasteiger partial charge < -0.3 is 4.74 Å². The number of hydrogen-bond acceptors (Lipinski definition) is 3. The Balaban J connectivity index is 3.62. The second-order valence-corrected chi connectivity index (χ2v) is 1.93. The lowest BCUT2D eigenvalue weighted by atomic mass is 10.3. The molecule has 0 saturated heterocycles. The molecule has 0 rings (SSSR count). The molecule has 58 valence electrons. The first-order valence-electron chi connectivity index (χ1n) is 3.39. The fourth-order valence-electron chi connectivity index (χ4n) is 0.460. The van der Waals surface area contributed by atoms with E-state index in [1.165, 1.54) is 0 Å². The van der Waals surface area contributed by atoms with Crippen molar-refractivity contribution in [3.05, 3.63) is 0 Å². The van der Waals surface area contributed by atoms with Crippen LogP contribution in [0.4, 0.5) is 0 Å². The maximum atomic E-state index is 10.6. The normalized spacial score (nSPS) is 12.2. The van der Waals surface area contributed by atoms with Gasteiger partial charge in [-0.05, 0) is 6.42 Å². The van der Waals surface area contributed by atoms with Crippen LogP contribution >= 0.6 is 0 Å². The lowest BCUT2D eigenvalue weighted by Crippen LogP contribution is -2.17. The molecule has 0 aromatic carbocycles. The standard InChI is InChI=1S/C7H12O3/c1-3-6(5-8)10-7(9)4-2/h5-6H,3-4H2,1-2H3. The SMILES string of the molecule is CCC(=O)OC(C=O)CC. The van der Waals surface area contributed by atoms with Gasteiger partial charge in [0.1, 0.15) is 0 Å². The number of ether oxygens (including phenoxy) is 1. The van der Waals surface area contributed by atoms with Gasteiger partial charge in [-0.1, -0.05) is 13.8 Å². The zero-order valence-electron chi connectivity index (χ0n) is 6.29. The predicted molar refractivity (Wildman–Crippen MR) is 36.5 cm³/mol. The van der Waals surface area contributed by atoms with Gasteiger partial charge in [-0.25, -0.2) is 0 Å². The molecule has 3 nitrogen and oxygen atoms in total. The minimum Gasteiger partial charge on any atom is -0.455 e. The largest absolute Gasteiger partial charge is 0.455 e. The molecule has 1 atom stereocenters. The summed E-state index contributed by atoms with van der Waals surface area (Å²) in [6.45, 7) is 3.49. The van der Waals surface area contributed by atoms with Crippen molar-refractivity contribution in [1.82, 2.24) is 0 Å². The predicted octanol–water partition coefficient (Wildman–Crippen LogP) is 0.917. The number of carbonyl (C=O) groups is 2. The van der Waals surface area contributed by atoms with Crippen LogP contribution in [-0.2, 0) is 14.3 Å². The second-order valence-electron chi connectivity index (χ2n) is 1.93. The third-order valence-corrected chi connectivity index (χ3v) is 1.13. The Hall–Kier alpha value is -0.860. The molecule has 0 radical (unpaired) electrons. The Kier molecular flexibility index (Phi) is 4.54. The van der Waals surface area contributed by atoms with E-state index in [1.54, 1.807) is 13.8 Å². The summed E-state index contributed by atoms with van der Waals surface area (Å²) in [5, 5.41) is 0. The van der Waals surface area contributed by atoms with Gasteiger partial charge in [-0.15, -0.1) is 0 Å². The molecule has 0 spiro atoms. The quantitative estimate of drug-likeness (QED) is 0.435. The number of esters is 1. The van der Waals surface area contributed by atoms with Crippen LogP contribution in [-0.4, -0.2) is 18.4 Å². The summed E-state index contributed by atoms with van der Waals surface area (Å²) in [4.78, 5) is 20.7. The van der Waals surface area contributed by atoms with Crippen molar-refractivity contribution < 1.29 is 14.3 Å². The van der Waals surface area contributed by atoms with Crippen LogP contribution in [0.5, 0.6) is 0 Å². The van der Waals surface area contributed by atoms with Crippen LogP contribution in [0.1, 0.15) is 26.7 Å². The van der Waals surface area contributed by atoms with Crippen molar-refractivity contribution in [2.24, 2.45) is 0 Å². The fourth-order valence-corrected chi connectivity index (χ4v) is 0.460. The summed E-state index contributed by atoms with van der Waals surface area (Å²) in [7, 11) is 0. The molecule has 0 amide bonds. The second kappa shape index (κ2) is 4.97. The zero-order valence-corrected chi connectivity index (χ0v) is 6.29. The van der Waals surface area contributed by atoms with E-state index in [1.807, 2.05) is 0 Å². The van der Waals surface area contributed by atoms with Crippen molar-refractivity contribution in [2.75, 3.05) is 0 Å². The van der Waals surface area contributed by atoms with Gasteiger partial charge >= 0.3 is 5.97 Å². The molecule has 0 N–H and O–H groups in total. The average molecular weight is 144 g/mol. The van der Waals surface area contributed by atoms with Crippen molar-refractivity contribution in [2.45, 2.75) is 32.8 Å².